The van der Waals surface area contributed by atoms with E-state index >= 15 is 0 Å². The Bertz CT molecular complexity index is 203. The lowest BCUT2D eigenvalue weighted by atomic mass is 9.91. The van der Waals surface area contributed by atoms with Gasteiger partial charge in [-0.2, -0.15) is 0 Å². The van der Waals surface area contributed by atoms with E-state index in [1.54, 1.807) is 0 Å². The van der Waals surface area contributed by atoms with Crippen molar-refractivity contribution < 1.29 is 0 Å². The number of hydrogen-bond donors (Lipinski definition) is 1. The average molecular weight is 225 g/mol. The van der Waals surface area contributed by atoms with E-state index in [2.05, 4.69) is 29.0 Å². The molecular formula is C13H27N3. The summed E-state index contributed by atoms with van der Waals surface area (Å²) in [7, 11) is 0. The van der Waals surface area contributed by atoms with Crippen molar-refractivity contribution in [2.45, 2.75) is 26.7 Å². The summed E-state index contributed by atoms with van der Waals surface area (Å²) < 4.78 is 0. The van der Waals surface area contributed by atoms with Crippen molar-refractivity contribution in [2.24, 2.45) is 5.41 Å². The van der Waals surface area contributed by atoms with Gasteiger partial charge in [0.1, 0.15) is 0 Å². The van der Waals surface area contributed by atoms with Gasteiger partial charge in [-0.25, -0.2) is 0 Å². The Morgan fingerprint density at radius 2 is 1.38 bits per heavy atom. The number of piperazine rings is 1. The molecule has 0 aliphatic carbocycles. The molecule has 0 aromatic rings. The Morgan fingerprint density at radius 3 is 1.94 bits per heavy atom. The fourth-order valence-electron chi connectivity index (χ4n) is 3.07. The molecule has 0 radical (unpaired) electrons. The third-order valence-electron chi connectivity index (χ3n) is 3.71. The Hall–Kier alpha value is -0.120. The maximum absolute atomic E-state index is 3.42. The average Bonchev–Trinajstić information content (AvgIpc) is 2.70. The molecule has 0 spiro atoms. The first kappa shape index (κ1) is 12.3. The van der Waals surface area contributed by atoms with Gasteiger partial charge in [-0.3, -0.25) is 0 Å². The minimum Gasteiger partial charge on any atom is -0.314 e. The van der Waals surface area contributed by atoms with Gasteiger partial charge < -0.3 is 15.1 Å². The summed E-state index contributed by atoms with van der Waals surface area (Å²) in [6.45, 7) is 14.8. The molecule has 0 aromatic heterocycles. The zero-order valence-electron chi connectivity index (χ0n) is 11.0. The summed E-state index contributed by atoms with van der Waals surface area (Å²) in [6.07, 6.45) is 2.81. The van der Waals surface area contributed by atoms with Gasteiger partial charge in [0.2, 0.25) is 0 Å². The molecule has 0 bridgehead atoms. The minimum atomic E-state index is 0.446. The summed E-state index contributed by atoms with van der Waals surface area (Å²) in [5, 5.41) is 3.42. The van der Waals surface area contributed by atoms with Crippen LogP contribution in [0.1, 0.15) is 26.7 Å². The molecule has 16 heavy (non-hydrogen) atoms. The smallest absolute Gasteiger partial charge is 0.0108 e. The minimum absolute atomic E-state index is 0.446. The van der Waals surface area contributed by atoms with E-state index in [0.717, 1.165) is 0 Å². The van der Waals surface area contributed by atoms with Gasteiger partial charge in [-0.05, 0) is 31.3 Å². The zero-order valence-corrected chi connectivity index (χ0v) is 11.0. The van der Waals surface area contributed by atoms with Crippen molar-refractivity contribution in [3.63, 3.8) is 0 Å². The van der Waals surface area contributed by atoms with Gasteiger partial charge in [-0.1, -0.05) is 13.8 Å². The van der Waals surface area contributed by atoms with Crippen LogP contribution in [-0.4, -0.2) is 62.2 Å². The summed E-state index contributed by atoms with van der Waals surface area (Å²) >= 11 is 0. The molecule has 1 N–H and O–H groups in total. The Morgan fingerprint density at radius 1 is 0.875 bits per heavy atom. The second-order valence-electron chi connectivity index (χ2n) is 6.17. The number of likely N-dealkylation sites (tertiary alicyclic amines) is 1. The molecule has 0 unspecified atom stereocenters. The summed E-state index contributed by atoms with van der Waals surface area (Å²) in [5.74, 6) is 0. The molecule has 0 atom stereocenters. The highest BCUT2D eigenvalue weighted by atomic mass is 15.2. The number of hydrogen-bond acceptors (Lipinski definition) is 3. The van der Waals surface area contributed by atoms with Gasteiger partial charge in [0.15, 0.2) is 0 Å². The molecule has 0 aromatic carbocycles. The monoisotopic (exact) mass is 225 g/mol. The predicted molar refractivity (Wildman–Crippen MR) is 68.8 cm³/mol. The molecule has 3 heteroatoms. The number of rotatable bonds is 4. The summed E-state index contributed by atoms with van der Waals surface area (Å²) in [4.78, 5) is 5.26. The van der Waals surface area contributed by atoms with Crippen molar-refractivity contribution in [1.29, 1.82) is 0 Å². The standard InChI is InChI=1S/C13H27N3/c1-13(2,11-15-7-3-4-8-15)12-16-9-5-14-6-10-16/h14H,3-12H2,1-2H3. The fourth-order valence-corrected chi connectivity index (χ4v) is 3.07. The Labute approximate surface area is 100 Å². The zero-order chi connectivity index (χ0) is 11.4. The highest BCUT2D eigenvalue weighted by Crippen LogP contribution is 2.21. The quantitative estimate of drug-likeness (QED) is 0.770. The topological polar surface area (TPSA) is 18.5 Å². The van der Waals surface area contributed by atoms with E-state index in [4.69, 9.17) is 0 Å². The van der Waals surface area contributed by atoms with Crippen molar-refractivity contribution in [3.8, 4) is 0 Å². The third-order valence-corrected chi connectivity index (χ3v) is 3.71. The molecule has 3 nitrogen and oxygen atoms in total. The SMILES string of the molecule is CC(C)(CN1CCCC1)CN1CCNCC1. The van der Waals surface area contributed by atoms with Crippen molar-refractivity contribution in [3.05, 3.63) is 0 Å². The summed E-state index contributed by atoms with van der Waals surface area (Å²) in [6, 6.07) is 0. The molecule has 2 rings (SSSR count). The first-order valence-electron chi connectivity index (χ1n) is 6.81. The first-order valence-corrected chi connectivity index (χ1v) is 6.81. The highest BCUT2D eigenvalue weighted by Gasteiger charge is 2.26. The summed E-state index contributed by atoms with van der Waals surface area (Å²) in [5.41, 5.74) is 0.446. The van der Waals surface area contributed by atoms with Crippen LogP contribution in [0.25, 0.3) is 0 Å². The lowest BCUT2D eigenvalue weighted by molar-refractivity contribution is 0.123. The molecule has 2 aliphatic heterocycles. The van der Waals surface area contributed by atoms with E-state index in [1.807, 2.05) is 0 Å². The van der Waals surface area contributed by atoms with Crippen LogP contribution >= 0.6 is 0 Å². The first-order chi connectivity index (χ1) is 7.66. The van der Waals surface area contributed by atoms with Crippen LogP contribution in [0, 0.1) is 5.41 Å². The molecule has 2 aliphatic rings. The largest absolute Gasteiger partial charge is 0.314 e. The lowest BCUT2D eigenvalue weighted by Crippen LogP contribution is -2.49. The fraction of sp³-hybridized carbons (Fsp3) is 1.00. The van der Waals surface area contributed by atoms with E-state index in [1.165, 1.54) is 65.2 Å². The van der Waals surface area contributed by atoms with Crippen molar-refractivity contribution in [2.75, 3.05) is 52.4 Å². The molecule has 0 saturated carbocycles. The van der Waals surface area contributed by atoms with Crippen LogP contribution in [0.2, 0.25) is 0 Å². The maximum Gasteiger partial charge on any atom is 0.0108 e. The normalized spacial score (nSPS) is 25.1. The van der Waals surface area contributed by atoms with Gasteiger partial charge in [0.05, 0.1) is 0 Å². The van der Waals surface area contributed by atoms with Gasteiger partial charge >= 0.3 is 0 Å². The molecule has 94 valence electrons. The van der Waals surface area contributed by atoms with Crippen LogP contribution in [0.15, 0.2) is 0 Å². The van der Waals surface area contributed by atoms with E-state index in [9.17, 15) is 0 Å². The molecule has 2 heterocycles. The Balaban J connectivity index is 1.76. The van der Waals surface area contributed by atoms with Crippen LogP contribution in [0.5, 0.6) is 0 Å². The van der Waals surface area contributed by atoms with Gasteiger partial charge in [0.25, 0.3) is 0 Å². The van der Waals surface area contributed by atoms with Gasteiger partial charge in [0, 0.05) is 39.3 Å². The molecule has 2 saturated heterocycles. The van der Waals surface area contributed by atoms with Crippen molar-refractivity contribution in [1.82, 2.24) is 15.1 Å². The molecule has 2 fully saturated rings. The third kappa shape index (κ3) is 3.72. The van der Waals surface area contributed by atoms with Crippen molar-refractivity contribution >= 4 is 0 Å². The number of nitrogens with zero attached hydrogens (tertiary/aromatic N) is 2. The molecule has 0 amide bonds. The van der Waals surface area contributed by atoms with Gasteiger partial charge in [-0.15, -0.1) is 0 Å². The second kappa shape index (κ2) is 5.48. The van der Waals surface area contributed by atoms with Crippen LogP contribution < -0.4 is 5.32 Å². The highest BCUT2D eigenvalue weighted by molar-refractivity contribution is 4.81. The van der Waals surface area contributed by atoms with Crippen LogP contribution in [0.3, 0.4) is 0 Å². The lowest BCUT2D eigenvalue weighted by Gasteiger charge is -2.37. The van der Waals surface area contributed by atoms with E-state index in [-0.39, 0.29) is 0 Å². The van der Waals surface area contributed by atoms with E-state index in [0.29, 0.717) is 5.41 Å². The van der Waals surface area contributed by atoms with Crippen LogP contribution in [-0.2, 0) is 0 Å². The van der Waals surface area contributed by atoms with Crippen LogP contribution in [0.4, 0.5) is 0 Å². The predicted octanol–water partition coefficient (Wildman–Crippen LogP) is 1.01. The molecular weight excluding hydrogens is 198 g/mol. The Kier molecular flexibility index (Phi) is 4.22. The van der Waals surface area contributed by atoms with E-state index < -0.39 is 0 Å². The maximum atomic E-state index is 3.42. The second-order valence-corrected chi connectivity index (χ2v) is 6.17. The number of nitrogens with one attached hydrogen (secondary N) is 1.